The van der Waals surface area contributed by atoms with Gasteiger partial charge >= 0.3 is 6.09 Å². The van der Waals surface area contributed by atoms with E-state index in [4.69, 9.17) is 4.74 Å². The number of aromatic nitrogens is 1. The molecule has 1 saturated carbocycles. The Morgan fingerprint density at radius 3 is 2.50 bits per heavy atom. The number of carbonyl (C=O) groups is 2. The molecule has 7 heteroatoms. The van der Waals surface area contributed by atoms with Crippen LogP contribution in [0, 0.1) is 0 Å². The minimum absolute atomic E-state index is 0.0915. The zero-order valence-corrected chi connectivity index (χ0v) is 15.4. The summed E-state index contributed by atoms with van der Waals surface area (Å²) in [6, 6.07) is 4.25. The first kappa shape index (κ1) is 18.5. The third-order valence-corrected chi connectivity index (χ3v) is 5.08. The van der Waals surface area contributed by atoms with Crippen LogP contribution < -0.4 is 10.6 Å². The van der Waals surface area contributed by atoms with Crippen LogP contribution in [0.25, 0.3) is 0 Å². The second kappa shape index (κ2) is 8.87. The summed E-state index contributed by atoms with van der Waals surface area (Å²) in [6.45, 7) is 3.60. The molecule has 2 heterocycles. The van der Waals surface area contributed by atoms with Crippen molar-refractivity contribution < 1.29 is 14.3 Å². The maximum Gasteiger partial charge on any atom is 0.409 e. The molecule has 0 spiro atoms. The van der Waals surface area contributed by atoms with E-state index in [0.717, 1.165) is 31.4 Å². The Bertz CT molecular complexity index is 606. The smallest absolute Gasteiger partial charge is 0.409 e. The normalized spacial score (nSPS) is 18.6. The Morgan fingerprint density at radius 1 is 1.15 bits per heavy atom. The molecule has 0 radical (unpaired) electrons. The van der Waals surface area contributed by atoms with Crippen LogP contribution in [-0.4, -0.2) is 53.7 Å². The molecule has 2 amide bonds. The van der Waals surface area contributed by atoms with Crippen molar-refractivity contribution in [2.45, 2.75) is 57.5 Å². The molecule has 0 atom stereocenters. The van der Waals surface area contributed by atoms with E-state index < -0.39 is 0 Å². The summed E-state index contributed by atoms with van der Waals surface area (Å²) in [5, 5.41) is 6.49. The van der Waals surface area contributed by atoms with Gasteiger partial charge in [0.05, 0.1) is 18.5 Å². The lowest BCUT2D eigenvalue weighted by Gasteiger charge is -2.32. The van der Waals surface area contributed by atoms with Gasteiger partial charge in [0.2, 0.25) is 0 Å². The number of ether oxygens (including phenoxy) is 1. The van der Waals surface area contributed by atoms with Crippen molar-refractivity contribution in [3.63, 3.8) is 0 Å². The molecule has 0 unspecified atom stereocenters. The van der Waals surface area contributed by atoms with E-state index in [1.54, 1.807) is 17.2 Å². The minimum atomic E-state index is -0.231. The molecular formula is C19H28N4O3. The summed E-state index contributed by atoms with van der Waals surface area (Å²) in [4.78, 5) is 30.0. The van der Waals surface area contributed by atoms with Gasteiger partial charge in [-0.15, -0.1) is 0 Å². The molecule has 1 aliphatic carbocycles. The molecule has 1 aromatic rings. The number of nitrogens with zero attached hydrogens (tertiary/aromatic N) is 2. The monoisotopic (exact) mass is 360 g/mol. The topological polar surface area (TPSA) is 83.6 Å². The van der Waals surface area contributed by atoms with Gasteiger partial charge in [0.25, 0.3) is 5.91 Å². The molecule has 2 fully saturated rings. The number of anilines is 1. The van der Waals surface area contributed by atoms with E-state index in [0.29, 0.717) is 37.5 Å². The number of hydrogen-bond acceptors (Lipinski definition) is 5. The Kier molecular flexibility index (Phi) is 6.30. The van der Waals surface area contributed by atoms with Crippen LogP contribution in [0.1, 0.15) is 55.9 Å². The average Bonchev–Trinajstić information content (AvgIpc) is 3.16. The van der Waals surface area contributed by atoms with Crippen LogP contribution in [0.3, 0.4) is 0 Å². The molecule has 142 valence electrons. The quantitative estimate of drug-likeness (QED) is 0.844. The molecule has 0 aromatic carbocycles. The summed E-state index contributed by atoms with van der Waals surface area (Å²) in [5.74, 6) is -0.0915. The number of carbonyl (C=O) groups excluding carboxylic acids is 2. The number of likely N-dealkylation sites (tertiary alicyclic amines) is 1. The summed E-state index contributed by atoms with van der Waals surface area (Å²) >= 11 is 0. The number of piperidine rings is 1. The summed E-state index contributed by atoms with van der Waals surface area (Å²) in [5.41, 5.74) is 1.36. The Labute approximate surface area is 154 Å². The van der Waals surface area contributed by atoms with Crippen LogP contribution in [0.2, 0.25) is 0 Å². The summed E-state index contributed by atoms with van der Waals surface area (Å²) < 4.78 is 5.04. The van der Waals surface area contributed by atoms with Crippen molar-refractivity contribution in [3.8, 4) is 0 Å². The number of nitrogens with one attached hydrogen (secondary N) is 2. The second-order valence-electron chi connectivity index (χ2n) is 6.99. The SMILES string of the molecule is CCOC(=O)N1CCC(Nc2ccc(C(=O)NC3CCCC3)nc2)CC1. The number of pyridine rings is 1. The highest BCUT2D eigenvalue weighted by molar-refractivity contribution is 5.92. The maximum absolute atomic E-state index is 12.2. The van der Waals surface area contributed by atoms with Gasteiger partial charge in [0, 0.05) is 25.2 Å². The molecule has 2 aliphatic rings. The Morgan fingerprint density at radius 2 is 1.88 bits per heavy atom. The maximum atomic E-state index is 12.2. The van der Waals surface area contributed by atoms with Crippen molar-refractivity contribution in [2.75, 3.05) is 25.0 Å². The zero-order chi connectivity index (χ0) is 18.4. The van der Waals surface area contributed by atoms with Gasteiger partial charge < -0.3 is 20.3 Å². The van der Waals surface area contributed by atoms with E-state index in [-0.39, 0.29) is 12.0 Å². The predicted molar refractivity (Wildman–Crippen MR) is 99.2 cm³/mol. The van der Waals surface area contributed by atoms with Gasteiger partial charge in [-0.1, -0.05) is 12.8 Å². The first-order valence-corrected chi connectivity index (χ1v) is 9.61. The van der Waals surface area contributed by atoms with Gasteiger partial charge in [0.15, 0.2) is 0 Å². The predicted octanol–water partition coefficient (Wildman–Crippen LogP) is 2.79. The highest BCUT2D eigenvalue weighted by Crippen LogP contribution is 2.19. The molecule has 1 saturated heterocycles. The zero-order valence-electron chi connectivity index (χ0n) is 15.4. The number of amides is 2. The average molecular weight is 360 g/mol. The first-order valence-electron chi connectivity index (χ1n) is 9.61. The third-order valence-electron chi connectivity index (χ3n) is 5.08. The molecule has 0 bridgehead atoms. The van der Waals surface area contributed by atoms with E-state index >= 15 is 0 Å². The second-order valence-corrected chi connectivity index (χ2v) is 6.99. The van der Waals surface area contributed by atoms with Gasteiger partial charge in [-0.2, -0.15) is 0 Å². The van der Waals surface area contributed by atoms with Crippen LogP contribution in [0.4, 0.5) is 10.5 Å². The van der Waals surface area contributed by atoms with Gasteiger partial charge in [-0.05, 0) is 44.7 Å². The lowest BCUT2D eigenvalue weighted by Crippen LogP contribution is -2.42. The first-order chi connectivity index (χ1) is 12.7. The third kappa shape index (κ3) is 4.86. The van der Waals surface area contributed by atoms with Crippen molar-refractivity contribution >= 4 is 17.7 Å². The summed E-state index contributed by atoms with van der Waals surface area (Å²) in [7, 11) is 0. The van der Waals surface area contributed by atoms with Crippen LogP contribution in [0.5, 0.6) is 0 Å². The summed E-state index contributed by atoms with van der Waals surface area (Å²) in [6.07, 6.45) is 7.72. The molecule has 2 N–H and O–H groups in total. The van der Waals surface area contributed by atoms with Gasteiger partial charge in [-0.3, -0.25) is 4.79 Å². The van der Waals surface area contributed by atoms with Crippen molar-refractivity contribution in [2.24, 2.45) is 0 Å². The molecule has 3 rings (SSSR count). The lowest BCUT2D eigenvalue weighted by atomic mass is 10.1. The van der Waals surface area contributed by atoms with E-state index in [9.17, 15) is 9.59 Å². The van der Waals surface area contributed by atoms with Crippen LogP contribution >= 0.6 is 0 Å². The van der Waals surface area contributed by atoms with Crippen molar-refractivity contribution in [1.29, 1.82) is 0 Å². The molecule has 1 aliphatic heterocycles. The van der Waals surface area contributed by atoms with Crippen LogP contribution in [0.15, 0.2) is 18.3 Å². The van der Waals surface area contributed by atoms with Crippen LogP contribution in [-0.2, 0) is 4.74 Å². The van der Waals surface area contributed by atoms with Gasteiger partial charge in [-0.25, -0.2) is 9.78 Å². The molecule has 7 nitrogen and oxygen atoms in total. The van der Waals surface area contributed by atoms with E-state index in [2.05, 4.69) is 15.6 Å². The minimum Gasteiger partial charge on any atom is -0.450 e. The molecule has 26 heavy (non-hydrogen) atoms. The van der Waals surface area contributed by atoms with Crippen molar-refractivity contribution in [1.82, 2.24) is 15.2 Å². The fraction of sp³-hybridized carbons (Fsp3) is 0.632. The Hall–Kier alpha value is -2.31. The van der Waals surface area contributed by atoms with E-state index in [1.165, 1.54) is 12.8 Å². The Balaban J connectivity index is 1.46. The molecular weight excluding hydrogens is 332 g/mol. The number of hydrogen-bond donors (Lipinski definition) is 2. The van der Waals surface area contributed by atoms with Gasteiger partial charge in [0.1, 0.15) is 5.69 Å². The largest absolute Gasteiger partial charge is 0.450 e. The number of rotatable bonds is 5. The molecule has 1 aromatic heterocycles. The fourth-order valence-electron chi connectivity index (χ4n) is 3.60. The highest BCUT2D eigenvalue weighted by Gasteiger charge is 2.23. The fourth-order valence-corrected chi connectivity index (χ4v) is 3.60. The van der Waals surface area contributed by atoms with Crippen molar-refractivity contribution in [3.05, 3.63) is 24.0 Å². The lowest BCUT2D eigenvalue weighted by molar-refractivity contribution is 0.0932. The highest BCUT2D eigenvalue weighted by atomic mass is 16.6. The van der Waals surface area contributed by atoms with E-state index in [1.807, 2.05) is 13.0 Å². The standard InChI is InChI=1S/C19H28N4O3/c1-2-26-19(25)23-11-9-15(10-12-23)21-16-7-8-17(20-13-16)18(24)22-14-5-3-4-6-14/h7-8,13-15,21H,2-6,9-12H2,1H3,(H,22,24).